The van der Waals surface area contributed by atoms with E-state index in [9.17, 15) is 4.79 Å². The third kappa shape index (κ3) is 4.05. The number of hydrogen-bond donors (Lipinski definition) is 0. The smallest absolute Gasteiger partial charge is 0.232 e. The van der Waals surface area contributed by atoms with Crippen molar-refractivity contribution in [3.63, 3.8) is 0 Å². The summed E-state index contributed by atoms with van der Waals surface area (Å²) in [4.78, 5) is 19.0. The lowest BCUT2D eigenvalue weighted by molar-refractivity contribution is -0.117. The fraction of sp³-hybridized carbons (Fsp3) is 0.348. The second-order valence-electron chi connectivity index (χ2n) is 7.31. The first-order valence-corrected chi connectivity index (χ1v) is 10.1. The zero-order valence-corrected chi connectivity index (χ0v) is 18.0. The first-order chi connectivity index (χ1) is 15.0. The number of benzene rings is 2. The van der Waals surface area contributed by atoms with Crippen LogP contribution in [0.4, 0.5) is 5.69 Å². The van der Waals surface area contributed by atoms with Gasteiger partial charge >= 0.3 is 0 Å². The average Bonchev–Trinajstić information content (AvgIpc) is 3.42. The Morgan fingerprint density at radius 1 is 1.13 bits per heavy atom. The molecule has 162 valence electrons. The highest BCUT2D eigenvalue weighted by Gasteiger charge is 2.36. The van der Waals surface area contributed by atoms with Gasteiger partial charge in [-0.3, -0.25) is 4.79 Å². The van der Waals surface area contributed by atoms with Gasteiger partial charge in [0.05, 0.1) is 32.4 Å². The van der Waals surface area contributed by atoms with Crippen molar-refractivity contribution in [3.8, 4) is 28.6 Å². The van der Waals surface area contributed by atoms with Gasteiger partial charge in [0.15, 0.2) is 11.5 Å². The van der Waals surface area contributed by atoms with E-state index in [1.54, 1.807) is 19.1 Å². The molecule has 8 nitrogen and oxygen atoms in total. The first kappa shape index (κ1) is 20.7. The van der Waals surface area contributed by atoms with Gasteiger partial charge in [-0.1, -0.05) is 11.2 Å². The van der Waals surface area contributed by atoms with E-state index < -0.39 is 0 Å². The van der Waals surface area contributed by atoms with E-state index in [1.807, 2.05) is 50.2 Å². The molecule has 31 heavy (non-hydrogen) atoms. The van der Waals surface area contributed by atoms with E-state index in [0.717, 1.165) is 16.8 Å². The van der Waals surface area contributed by atoms with Crippen molar-refractivity contribution in [1.82, 2.24) is 10.1 Å². The minimum absolute atomic E-state index is 0.0174. The molecule has 2 heterocycles. The fourth-order valence-corrected chi connectivity index (χ4v) is 3.71. The van der Waals surface area contributed by atoms with E-state index in [4.69, 9.17) is 18.7 Å². The maximum atomic E-state index is 12.7. The van der Waals surface area contributed by atoms with Crippen LogP contribution in [0.1, 0.15) is 30.7 Å². The number of nitrogens with zero attached hydrogens (tertiary/aromatic N) is 3. The van der Waals surface area contributed by atoms with Crippen molar-refractivity contribution in [3.05, 3.63) is 47.9 Å². The molecular weight excluding hydrogens is 398 g/mol. The second kappa shape index (κ2) is 8.67. The van der Waals surface area contributed by atoms with Crippen LogP contribution in [0.3, 0.4) is 0 Å². The summed E-state index contributed by atoms with van der Waals surface area (Å²) in [7, 11) is 3.20. The molecular formula is C23H25N3O5. The summed E-state index contributed by atoms with van der Waals surface area (Å²) in [6.07, 6.45) is 0.310. The minimum Gasteiger partial charge on any atom is -0.497 e. The molecule has 1 unspecified atom stereocenters. The topological polar surface area (TPSA) is 86.9 Å². The van der Waals surface area contributed by atoms with Gasteiger partial charge in [-0.05, 0) is 43.7 Å². The maximum Gasteiger partial charge on any atom is 0.232 e. The number of carbonyl (C=O) groups is 1. The van der Waals surface area contributed by atoms with Crippen LogP contribution in [0.25, 0.3) is 11.4 Å². The number of aryl methyl sites for hydroxylation is 1. The Kier molecular flexibility index (Phi) is 5.79. The second-order valence-corrected chi connectivity index (χ2v) is 7.31. The molecule has 1 fully saturated rings. The summed E-state index contributed by atoms with van der Waals surface area (Å²) < 4.78 is 21.8. The van der Waals surface area contributed by atoms with Crippen LogP contribution in [-0.2, 0) is 4.79 Å². The van der Waals surface area contributed by atoms with Crippen molar-refractivity contribution in [2.45, 2.75) is 26.2 Å². The number of anilines is 1. The Morgan fingerprint density at radius 2 is 1.97 bits per heavy atom. The van der Waals surface area contributed by atoms with E-state index >= 15 is 0 Å². The Bertz CT molecular complexity index is 1090. The number of rotatable bonds is 7. The lowest BCUT2D eigenvalue weighted by atomic mass is 10.1. The highest BCUT2D eigenvalue weighted by molar-refractivity contribution is 5.97. The SMILES string of the molecule is CCOc1ccc(-c2noc(C3CC(=O)N(c4cc(OC)ccc4C)C3)n2)cc1OC. The zero-order chi connectivity index (χ0) is 22.0. The third-order valence-electron chi connectivity index (χ3n) is 5.34. The van der Waals surface area contributed by atoms with Crippen molar-refractivity contribution in [2.75, 3.05) is 32.3 Å². The maximum absolute atomic E-state index is 12.7. The van der Waals surface area contributed by atoms with Crippen molar-refractivity contribution in [1.29, 1.82) is 0 Å². The molecule has 0 bridgehead atoms. The largest absolute Gasteiger partial charge is 0.497 e. The van der Waals surface area contributed by atoms with Crippen LogP contribution in [-0.4, -0.2) is 43.4 Å². The predicted molar refractivity (Wildman–Crippen MR) is 115 cm³/mol. The molecule has 1 aliphatic rings. The minimum atomic E-state index is -0.177. The number of methoxy groups -OCH3 is 2. The van der Waals surface area contributed by atoms with Crippen LogP contribution in [0.5, 0.6) is 17.2 Å². The van der Waals surface area contributed by atoms with E-state index in [1.165, 1.54) is 0 Å². The third-order valence-corrected chi connectivity index (χ3v) is 5.34. The molecule has 1 atom stereocenters. The molecule has 0 aliphatic carbocycles. The number of ether oxygens (including phenoxy) is 3. The van der Waals surface area contributed by atoms with Gasteiger partial charge in [0, 0.05) is 24.6 Å². The summed E-state index contributed by atoms with van der Waals surface area (Å²) in [5.74, 6) is 2.69. The monoisotopic (exact) mass is 423 g/mol. The van der Waals surface area contributed by atoms with Crippen LogP contribution >= 0.6 is 0 Å². The highest BCUT2D eigenvalue weighted by Crippen LogP contribution is 2.36. The van der Waals surface area contributed by atoms with E-state index in [0.29, 0.717) is 48.5 Å². The molecule has 0 N–H and O–H groups in total. The normalized spacial score (nSPS) is 15.9. The Morgan fingerprint density at radius 3 is 2.71 bits per heavy atom. The van der Waals surface area contributed by atoms with Gasteiger partial charge in [-0.15, -0.1) is 0 Å². The lowest BCUT2D eigenvalue weighted by Crippen LogP contribution is -2.25. The van der Waals surface area contributed by atoms with Crippen molar-refractivity contribution < 1.29 is 23.5 Å². The summed E-state index contributed by atoms with van der Waals surface area (Å²) in [6.45, 7) is 4.90. The van der Waals surface area contributed by atoms with Gasteiger partial charge in [0.1, 0.15) is 5.75 Å². The molecule has 0 spiro atoms. The lowest BCUT2D eigenvalue weighted by Gasteiger charge is -2.19. The fourth-order valence-electron chi connectivity index (χ4n) is 3.71. The van der Waals surface area contributed by atoms with Crippen molar-refractivity contribution >= 4 is 11.6 Å². The molecule has 1 saturated heterocycles. The molecule has 0 radical (unpaired) electrons. The van der Waals surface area contributed by atoms with Crippen LogP contribution < -0.4 is 19.1 Å². The standard InChI is InChI=1S/C23H25N3O5/c1-5-30-19-9-7-15(10-20(19)29-4)22-24-23(31-25-22)16-11-21(27)26(13-16)18-12-17(28-3)8-6-14(18)2/h6-10,12,16H,5,11,13H2,1-4H3. The van der Waals surface area contributed by atoms with Gasteiger partial charge < -0.3 is 23.6 Å². The highest BCUT2D eigenvalue weighted by atomic mass is 16.5. The number of aromatic nitrogens is 2. The average molecular weight is 423 g/mol. The first-order valence-electron chi connectivity index (χ1n) is 10.1. The van der Waals surface area contributed by atoms with E-state index in [2.05, 4.69) is 10.1 Å². The Labute approximate surface area is 180 Å². The van der Waals surface area contributed by atoms with Gasteiger partial charge in [0.2, 0.25) is 17.6 Å². The zero-order valence-electron chi connectivity index (χ0n) is 18.0. The van der Waals surface area contributed by atoms with Crippen molar-refractivity contribution in [2.24, 2.45) is 0 Å². The molecule has 8 heteroatoms. The van der Waals surface area contributed by atoms with Gasteiger partial charge in [0.25, 0.3) is 0 Å². The molecule has 1 aromatic heterocycles. The van der Waals surface area contributed by atoms with E-state index in [-0.39, 0.29) is 11.8 Å². The summed E-state index contributed by atoms with van der Waals surface area (Å²) in [5.41, 5.74) is 2.59. The Balaban J connectivity index is 1.56. The molecule has 1 aliphatic heterocycles. The van der Waals surface area contributed by atoms with Crippen LogP contribution in [0.15, 0.2) is 40.9 Å². The molecule has 0 saturated carbocycles. The summed E-state index contributed by atoms with van der Waals surface area (Å²) in [6, 6.07) is 11.2. The number of carbonyl (C=O) groups excluding carboxylic acids is 1. The molecule has 4 rings (SSSR count). The molecule has 3 aromatic rings. The van der Waals surface area contributed by atoms with Crippen LogP contribution in [0, 0.1) is 6.92 Å². The molecule has 2 aromatic carbocycles. The quantitative estimate of drug-likeness (QED) is 0.568. The number of hydrogen-bond acceptors (Lipinski definition) is 7. The Hall–Kier alpha value is -3.55. The van der Waals surface area contributed by atoms with Crippen LogP contribution in [0.2, 0.25) is 0 Å². The summed E-state index contributed by atoms with van der Waals surface area (Å²) >= 11 is 0. The summed E-state index contributed by atoms with van der Waals surface area (Å²) in [5, 5.41) is 4.12. The molecule has 1 amide bonds. The van der Waals surface area contributed by atoms with Gasteiger partial charge in [-0.2, -0.15) is 4.98 Å². The van der Waals surface area contributed by atoms with Gasteiger partial charge in [-0.25, -0.2) is 0 Å². The predicted octanol–water partition coefficient (Wildman–Crippen LogP) is 3.98. The number of amides is 1.